The van der Waals surface area contributed by atoms with Crippen LogP contribution in [-0.4, -0.2) is 13.2 Å². The van der Waals surface area contributed by atoms with E-state index in [1.54, 1.807) is 0 Å². The molecule has 1 aliphatic rings. The minimum atomic E-state index is 0.239. The van der Waals surface area contributed by atoms with Crippen LogP contribution < -0.4 is 10.1 Å². The molecule has 0 spiro atoms. The molecule has 2 rings (SSSR count). The van der Waals surface area contributed by atoms with Crippen molar-refractivity contribution in [1.29, 1.82) is 0 Å². The van der Waals surface area contributed by atoms with E-state index < -0.39 is 0 Å². The van der Waals surface area contributed by atoms with Crippen LogP contribution in [0.25, 0.3) is 0 Å². The number of hydrogen-bond acceptors (Lipinski definition) is 2. The molecule has 1 aromatic carbocycles. The quantitative estimate of drug-likeness (QED) is 0.774. The van der Waals surface area contributed by atoms with Crippen molar-refractivity contribution < 1.29 is 4.74 Å². The van der Waals surface area contributed by atoms with Gasteiger partial charge in [0.2, 0.25) is 0 Å². The van der Waals surface area contributed by atoms with Crippen LogP contribution in [-0.2, 0) is 6.42 Å². The molecule has 1 aliphatic heterocycles. The molecular formula is C12H17NO. The average Bonchev–Trinajstić information content (AvgIpc) is 2.52. The Kier molecular flexibility index (Phi) is 2.46. The summed E-state index contributed by atoms with van der Waals surface area (Å²) in [6, 6.07) is 6.75. The van der Waals surface area contributed by atoms with Crippen LogP contribution in [0.15, 0.2) is 18.2 Å². The van der Waals surface area contributed by atoms with Gasteiger partial charge in [0, 0.05) is 5.56 Å². The van der Waals surface area contributed by atoms with E-state index >= 15 is 0 Å². The van der Waals surface area contributed by atoms with E-state index in [1.165, 1.54) is 11.1 Å². The van der Waals surface area contributed by atoms with Crippen LogP contribution in [0.2, 0.25) is 0 Å². The lowest BCUT2D eigenvalue weighted by molar-refractivity contribution is 0.213. The zero-order valence-electron chi connectivity index (χ0n) is 9.00. The van der Waals surface area contributed by atoms with Crippen molar-refractivity contribution in [1.82, 2.24) is 5.32 Å². The fourth-order valence-electron chi connectivity index (χ4n) is 2.17. The zero-order valence-corrected chi connectivity index (χ0v) is 9.00. The third-order valence-electron chi connectivity index (χ3n) is 2.93. The molecule has 0 radical (unpaired) electrons. The molecule has 0 saturated carbocycles. The van der Waals surface area contributed by atoms with Crippen molar-refractivity contribution in [3.63, 3.8) is 0 Å². The highest BCUT2D eigenvalue weighted by molar-refractivity contribution is 5.46. The van der Waals surface area contributed by atoms with Crippen LogP contribution in [0.3, 0.4) is 0 Å². The molecule has 2 heteroatoms. The minimum absolute atomic E-state index is 0.239. The average molecular weight is 191 g/mol. The summed E-state index contributed by atoms with van der Waals surface area (Å²) in [7, 11) is 1.98. The largest absolute Gasteiger partial charge is 0.488 e. The molecule has 14 heavy (non-hydrogen) atoms. The molecule has 1 heterocycles. The van der Waals surface area contributed by atoms with Gasteiger partial charge in [0.25, 0.3) is 0 Å². The summed E-state index contributed by atoms with van der Waals surface area (Å²) < 4.78 is 5.87. The number of ether oxygens (including phenoxy) is 1. The van der Waals surface area contributed by atoms with E-state index in [-0.39, 0.29) is 6.10 Å². The fourth-order valence-corrected chi connectivity index (χ4v) is 2.17. The fraction of sp³-hybridized carbons (Fsp3) is 0.500. The van der Waals surface area contributed by atoms with E-state index in [0.717, 1.165) is 12.2 Å². The molecule has 2 nitrogen and oxygen atoms in total. The predicted octanol–water partition coefficient (Wildman–Crippen LogP) is 2.29. The second-order valence-electron chi connectivity index (χ2n) is 3.78. The lowest BCUT2D eigenvalue weighted by Crippen LogP contribution is -2.25. The molecule has 76 valence electrons. The summed E-state index contributed by atoms with van der Waals surface area (Å²) in [5, 5.41) is 3.30. The van der Waals surface area contributed by atoms with E-state index in [1.807, 2.05) is 7.05 Å². The number of nitrogens with one attached hydrogen (secondary N) is 1. The number of benzene rings is 1. The first-order chi connectivity index (χ1) is 6.77. The van der Waals surface area contributed by atoms with Gasteiger partial charge in [-0.05, 0) is 26.0 Å². The van der Waals surface area contributed by atoms with Crippen molar-refractivity contribution in [3.8, 4) is 5.75 Å². The number of fused-ring (bicyclic) bond motifs is 1. The van der Waals surface area contributed by atoms with Crippen molar-refractivity contribution in [2.75, 3.05) is 7.05 Å². The molecule has 1 N–H and O–H groups in total. The van der Waals surface area contributed by atoms with Crippen molar-refractivity contribution in [3.05, 3.63) is 29.3 Å². The van der Waals surface area contributed by atoms with E-state index in [4.69, 9.17) is 4.74 Å². The molecule has 2 unspecified atom stereocenters. The van der Waals surface area contributed by atoms with Gasteiger partial charge in [-0.15, -0.1) is 0 Å². The highest BCUT2D eigenvalue weighted by Gasteiger charge is 2.30. The normalized spacial score (nSPS) is 24.5. The van der Waals surface area contributed by atoms with Gasteiger partial charge in [-0.3, -0.25) is 0 Å². The molecule has 0 fully saturated rings. The van der Waals surface area contributed by atoms with Gasteiger partial charge in [-0.2, -0.15) is 0 Å². The monoisotopic (exact) mass is 191 g/mol. The van der Waals surface area contributed by atoms with Crippen LogP contribution in [0.1, 0.15) is 31.0 Å². The van der Waals surface area contributed by atoms with Gasteiger partial charge in [0.05, 0.1) is 6.04 Å². The summed E-state index contributed by atoms with van der Waals surface area (Å²) in [6.07, 6.45) is 1.27. The topological polar surface area (TPSA) is 21.3 Å². The molecule has 2 atom stereocenters. The van der Waals surface area contributed by atoms with Gasteiger partial charge >= 0.3 is 0 Å². The highest BCUT2D eigenvalue weighted by atomic mass is 16.5. The van der Waals surface area contributed by atoms with E-state index in [0.29, 0.717) is 6.04 Å². The maximum absolute atomic E-state index is 5.87. The van der Waals surface area contributed by atoms with E-state index in [2.05, 4.69) is 37.4 Å². The second-order valence-corrected chi connectivity index (χ2v) is 3.78. The SMILES string of the molecule is CCc1cccc2c1OC(C)C2NC. The Morgan fingerprint density at radius 1 is 1.43 bits per heavy atom. The van der Waals surface area contributed by atoms with Crippen molar-refractivity contribution in [2.24, 2.45) is 0 Å². The summed E-state index contributed by atoms with van der Waals surface area (Å²) in [5.74, 6) is 1.10. The third kappa shape index (κ3) is 1.30. The van der Waals surface area contributed by atoms with Crippen LogP contribution in [0, 0.1) is 0 Å². The Bertz CT molecular complexity index is 335. The summed E-state index contributed by atoms with van der Waals surface area (Å²) >= 11 is 0. The molecular weight excluding hydrogens is 174 g/mol. The molecule has 0 bridgehead atoms. The molecule has 0 aliphatic carbocycles. The Morgan fingerprint density at radius 3 is 2.86 bits per heavy atom. The van der Waals surface area contributed by atoms with E-state index in [9.17, 15) is 0 Å². The smallest absolute Gasteiger partial charge is 0.127 e. The molecule has 0 aromatic heterocycles. The molecule has 0 amide bonds. The Morgan fingerprint density at radius 2 is 2.21 bits per heavy atom. The van der Waals surface area contributed by atoms with Gasteiger partial charge < -0.3 is 10.1 Å². The predicted molar refractivity (Wildman–Crippen MR) is 57.7 cm³/mol. The number of para-hydroxylation sites is 1. The van der Waals surface area contributed by atoms with Gasteiger partial charge in [0.15, 0.2) is 0 Å². The second kappa shape index (κ2) is 3.62. The van der Waals surface area contributed by atoms with Crippen LogP contribution in [0.4, 0.5) is 0 Å². The summed E-state index contributed by atoms with van der Waals surface area (Å²) in [5.41, 5.74) is 2.62. The first-order valence-corrected chi connectivity index (χ1v) is 5.23. The Hall–Kier alpha value is -1.02. The zero-order chi connectivity index (χ0) is 10.1. The molecule has 0 saturated heterocycles. The Labute approximate surface area is 85.3 Å². The maximum atomic E-state index is 5.87. The standard InChI is InChI=1S/C12H17NO/c1-4-9-6-5-7-10-11(13-3)8(2)14-12(9)10/h5-8,11,13H,4H2,1-3H3. The van der Waals surface area contributed by atoms with Crippen molar-refractivity contribution in [2.45, 2.75) is 32.4 Å². The lowest BCUT2D eigenvalue weighted by atomic mass is 10.0. The highest BCUT2D eigenvalue weighted by Crippen LogP contribution is 2.38. The van der Waals surface area contributed by atoms with Crippen LogP contribution >= 0.6 is 0 Å². The Balaban J connectivity index is 2.45. The number of rotatable bonds is 2. The number of hydrogen-bond donors (Lipinski definition) is 1. The molecule has 1 aromatic rings. The first-order valence-electron chi connectivity index (χ1n) is 5.23. The van der Waals surface area contributed by atoms with Crippen LogP contribution in [0.5, 0.6) is 5.75 Å². The number of aryl methyl sites for hydroxylation is 1. The lowest BCUT2D eigenvalue weighted by Gasteiger charge is -2.12. The number of likely N-dealkylation sites (N-methyl/N-ethyl adjacent to an activating group) is 1. The summed E-state index contributed by atoms with van der Waals surface area (Å²) in [4.78, 5) is 0. The van der Waals surface area contributed by atoms with Gasteiger partial charge in [0.1, 0.15) is 11.9 Å². The minimum Gasteiger partial charge on any atom is -0.488 e. The van der Waals surface area contributed by atoms with Gasteiger partial charge in [-0.1, -0.05) is 25.1 Å². The first kappa shape index (κ1) is 9.53. The maximum Gasteiger partial charge on any atom is 0.127 e. The summed E-state index contributed by atoms with van der Waals surface area (Å²) in [6.45, 7) is 4.27. The van der Waals surface area contributed by atoms with Gasteiger partial charge in [-0.25, -0.2) is 0 Å². The van der Waals surface area contributed by atoms with Crippen molar-refractivity contribution >= 4 is 0 Å². The third-order valence-corrected chi connectivity index (χ3v) is 2.93.